The van der Waals surface area contributed by atoms with Crippen molar-refractivity contribution in [3.05, 3.63) is 38.8 Å². The van der Waals surface area contributed by atoms with Crippen LogP contribution in [-0.2, 0) is 22.3 Å². The highest BCUT2D eigenvalue weighted by molar-refractivity contribution is 7.16. The molecule has 0 amide bonds. The van der Waals surface area contributed by atoms with E-state index in [-0.39, 0.29) is 11.0 Å². The summed E-state index contributed by atoms with van der Waals surface area (Å²) in [6, 6.07) is 2.15. The fourth-order valence-electron chi connectivity index (χ4n) is 3.77. The van der Waals surface area contributed by atoms with E-state index < -0.39 is 0 Å². The molecule has 2 aromatic heterocycles. The van der Waals surface area contributed by atoms with Crippen molar-refractivity contribution in [1.29, 1.82) is 0 Å². The molecule has 1 spiro atoms. The van der Waals surface area contributed by atoms with Gasteiger partial charge in [0.15, 0.2) is 0 Å². The monoisotopic (exact) mass is 351 g/mol. The van der Waals surface area contributed by atoms with Gasteiger partial charge in [-0.2, -0.15) is 5.10 Å². The first-order chi connectivity index (χ1) is 11.0. The minimum atomic E-state index is -0.138. The maximum atomic E-state index is 6.45. The van der Waals surface area contributed by atoms with Gasteiger partial charge in [0.1, 0.15) is 0 Å². The van der Waals surface area contributed by atoms with Crippen molar-refractivity contribution in [1.82, 2.24) is 15.1 Å². The molecule has 0 aromatic carbocycles. The molecule has 0 bridgehead atoms. The highest BCUT2D eigenvalue weighted by atomic mass is 35.5. The quantitative estimate of drug-likeness (QED) is 0.891. The third-order valence-corrected chi connectivity index (χ3v) is 6.77. The first-order valence-electron chi connectivity index (χ1n) is 8.13. The molecule has 2 aliphatic heterocycles. The third-order valence-electron chi connectivity index (χ3n) is 5.14. The number of ether oxygens (including phenoxy) is 1. The number of hydrogen-bond acceptors (Lipinski definition) is 4. The molecular formula is C17H22ClN3OS. The van der Waals surface area contributed by atoms with Gasteiger partial charge in [0.05, 0.1) is 22.7 Å². The second-order valence-electron chi connectivity index (χ2n) is 7.34. The van der Waals surface area contributed by atoms with Gasteiger partial charge in [0.25, 0.3) is 0 Å². The van der Waals surface area contributed by atoms with Gasteiger partial charge in [-0.1, -0.05) is 25.4 Å². The van der Waals surface area contributed by atoms with E-state index in [0.717, 1.165) is 43.4 Å². The summed E-state index contributed by atoms with van der Waals surface area (Å²) in [6.07, 6.45) is 5.93. The second kappa shape index (κ2) is 5.59. The summed E-state index contributed by atoms with van der Waals surface area (Å²) in [7, 11) is 0. The van der Waals surface area contributed by atoms with Crippen LogP contribution in [0.4, 0.5) is 0 Å². The Kier molecular flexibility index (Phi) is 3.80. The zero-order chi connectivity index (χ0) is 16.1. The number of aromatic amines is 1. The number of piperidine rings is 1. The van der Waals surface area contributed by atoms with Crippen molar-refractivity contribution in [2.45, 2.75) is 44.2 Å². The predicted octanol–water partition coefficient (Wildman–Crippen LogP) is 3.92. The largest absolute Gasteiger partial charge is 0.369 e. The lowest BCUT2D eigenvalue weighted by molar-refractivity contribution is -0.116. The van der Waals surface area contributed by atoms with Gasteiger partial charge >= 0.3 is 0 Å². The number of rotatable bonds is 2. The van der Waals surface area contributed by atoms with Crippen molar-refractivity contribution >= 4 is 22.9 Å². The molecule has 4 rings (SSSR count). The van der Waals surface area contributed by atoms with E-state index in [0.29, 0.717) is 0 Å². The number of aromatic nitrogens is 2. The Morgan fingerprint density at radius 2 is 2.17 bits per heavy atom. The maximum absolute atomic E-state index is 6.45. The molecule has 2 aliphatic rings. The maximum Gasteiger partial charge on any atom is 0.0967 e. The minimum absolute atomic E-state index is 0.0618. The number of fused-ring (bicyclic) bond motifs is 2. The normalized spacial score (nSPS) is 23.1. The molecule has 1 fully saturated rings. The number of nitrogens with zero attached hydrogens (tertiary/aromatic N) is 2. The first kappa shape index (κ1) is 15.6. The van der Waals surface area contributed by atoms with Crippen LogP contribution >= 0.6 is 22.9 Å². The lowest BCUT2D eigenvalue weighted by atomic mass is 9.76. The van der Waals surface area contributed by atoms with Gasteiger partial charge in [0.2, 0.25) is 0 Å². The summed E-state index contributed by atoms with van der Waals surface area (Å²) in [6.45, 7) is 8.31. The van der Waals surface area contributed by atoms with Crippen molar-refractivity contribution in [2.24, 2.45) is 0 Å². The summed E-state index contributed by atoms with van der Waals surface area (Å²) in [5.41, 5.74) is 2.51. The van der Waals surface area contributed by atoms with Crippen LogP contribution in [0.2, 0.25) is 4.34 Å². The molecule has 4 heterocycles. The van der Waals surface area contributed by atoms with Gasteiger partial charge in [-0.25, -0.2) is 0 Å². The first-order valence-corrected chi connectivity index (χ1v) is 9.32. The van der Waals surface area contributed by atoms with Gasteiger partial charge in [-0.15, -0.1) is 11.3 Å². The van der Waals surface area contributed by atoms with Crippen LogP contribution in [0, 0.1) is 0 Å². The van der Waals surface area contributed by atoms with Crippen molar-refractivity contribution in [3.63, 3.8) is 0 Å². The molecule has 0 saturated carbocycles. The molecule has 6 heteroatoms. The SMILES string of the molecule is CC1(C)COC2(CCN(Cc3cn[nH]c3)CC2)c2cc(Cl)sc21. The Bertz CT molecular complexity index is 687. The summed E-state index contributed by atoms with van der Waals surface area (Å²) < 4.78 is 7.33. The van der Waals surface area contributed by atoms with E-state index in [1.54, 1.807) is 11.3 Å². The summed E-state index contributed by atoms with van der Waals surface area (Å²) in [4.78, 5) is 3.89. The van der Waals surface area contributed by atoms with Crippen molar-refractivity contribution < 1.29 is 4.74 Å². The highest BCUT2D eigenvalue weighted by Gasteiger charge is 2.46. The lowest BCUT2D eigenvalue weighted by Gasteiger charge is -2.47. The Balaban J connectivity index is 1.54. The van der Waals surface area contributed by atoms with E-state index in [4.69, 9.17) is 16.3 Å². The molecular weight excluding hydrogens is 330 g/mol. The van der Waals surface area contributed by atoms with Gasteiger partial charge in [-0.3, -0.25) is 10.00 Å². The van der Waals surface area contributed by atoms with Crippen molar-refractivity contribution in [3.8, 4) is 0 Å². The average molecular weight is 352 g/mol. The third kappa shape index (κ3) is 2.74. The van der Waals surface area contributed by atoms with E-state index in [9.17, 15) is 0 Å². The summed E-state index contributed by atoms with van der Waals surface area (Å²) >= 11 is 8.07. The molecule has 4 nitrogen and oxygen atoms in total. The van der Waals surface area contributed by atoms with Gasteiger partial charge < -0.3 is 4.74 Å². The van der Waals surface area contributed by atoms with E-state index in [1.165, 1.54) is 16.0 Å². The number of halogens is 1. The van der Waals surface area contributed by atoms with Gasteiger partial charge in [-0.05, 0) is 24.5 Å². The summed E-state index contributed by atoms with van der Waals surface area (Å²) in [5.74, 6) is 0. The molecule has 124 valence electrons. The van der Waals surface area contributed by atoms with Crippen LogP contribution in [-0.4, -0.2) is 34.8 Å². The summed E-state index contributed by atoms with van der Waals surface area (Å²) in [5, 5.41) is 6.92. The fraction of sp³-hybridized carbons (Fsp3) is 0.588. The lowest BCUT2D eigenvalue weighted by Crippen LogP contribution is -2.49. The molecule has 0 atom stereocenters. The topological polar surface area (TPSA) is 41.1 Å². The number of nitrogens with one attached hydrogen (secondary N) is 1. The van der Waals surface area contributed by atoms with Gasteiger partial charge in [0, 0.05) is 41.7 Å². The number of likely N-dealkylation sites (tertiary alicyclic amines) is 1. The zero-order valence-corrected chi connectivity index (χ0v) is 15.1. The van der Waals surface area contributed by atoms with Crippen LogP contribution in [0.5, 0.6) is 0 Å². The molecule has 1 N–H and O–H groups in total. The molecule has 1 saturated heterocycles. The number of hydrogen-bond donors (Lipinski definition) is 1. The number of H-pyrrole nitrogens is 1. The standard InChI is InChI=1S/C17H22ClN3OS/c1-16(2)11-22-17(13-7-14(18)23-15(13)16)3-5-21(6-4-17)10-12-8-19-20-9-12/h7-9H,3-6,10-11H2,1-2H3,(H,19,20). The van der Waals surface area contributed by atoms with Crippen LogP contribution < -0.4 is 0 Å². The second-order valence-corrected chi connectivity index (χ2v) is 9.03. The zero-order valence-electron chi connectivity index (χ0n) is 13.6. The predicted molar refractivity (Wildman–Crippen MR) is 93.1 cm³/mol. The van der Waals surface area contributed by atoms with Crippen LogP contribution in [0.1, 0.15) is 42.7 Å². The molecule has 0 aliphatic carbocycles. The van der Waals surface area contributed by atoms with E-state index in [2.05, 4.69) is 35.0 Å². The van der Waals surface area contributed by atoms with Crippen LogP contribution in [0.25, 0.3) is 0 Å². The van der Waals surface area contributed by atoms with E-state index in [1.807, 2.05) is 12.4 Å². The minimum Gasteiger partial charge on any atom is -0.369 e. The Labute approximate surface area is 145 Å². The molecule has 0 unspecified atom stereocenters. The Morgan fingerprint density at radius 3 is 2.87 bits per heavy atom. The Morgan fingerprint density at radius 1 is 1.39 bits per heavy atom. The smallest absolute Gasteiger partial charge is 0.0967 e. The fourth-order valence-corrected chi connectivity index (χ4v) is 5.17. The molecule has 2 aromatic rings. The van der Waals surface area contributed by atoms with Crippen molar-refractivity contribution in [2.75, 3.05) is 19.7 Å². The molecule has 0 radical (unpaired) electrons. The van der Waals surface area contributed by atoms with Crippen LogP contribution in [0.15, 0.2) is 18.5 Å². The average Bonchev–Trinajstić information content (AvgIpc) is 3.16. The number of thiophene rings is 1. The highest BCUT2D eigenvalue weighted by Crippen LogP contribution is 2.50. The Hall–Kier alpha value is -0.880. The molecule has 23 heavy (non-hydrogen) atoms. The van der Waals surface area contributed by atoms with E-state index >= 15 is 0 Å². The van der Waals surface area contributed by atoms with Crippen LogP contribution in [0.3, 0.4) is 0 Å².